The van der Waals surface area contributed by atoms with E-state index in [-0.39, 0.29) is 5.82 Å². The van der Waals surface area contributed by atoms with Gasteiger partial charge < -0.3 is 10.5 Å². The third kappa shape index (κ3) is 4.08. The van der Waals surface area contributed by atoms with Crippen molar-refractivity contribution in [2.24, 2.45) is 5.73 Å². The summed E-state index contributed by atoms with van der Waals surface area (Å²) in [5, 5.41) is 0.410. The molecule has 0 aliphatic heterocycles. The van der Waals surface area contributed by atoms with Crippen LogP contribution in [0.25, 0.3) is 0 Å². The second-order valence-corrected chi connectivity index (χ2v) is 4.61. The standard InChI is InChI=1S/C12H17ClFNO/c1-3-16-8-12(2,15)7-9-4-5-10(14)6-11(9)13/h4-6H,3,7-8,15H2,1-2H3. The molecule has 16 heavy (non-hydrogen) atoms. The summed E-state index contributed by atoms with van der Waals surface area (Å²) in [6.45, 7) is 4.89. The molecule has 2 N–H and O–H groups in total. The molecule has 1 rings (SSSR count). The summed E-state index contributed by atoms with van der Waals surface area (Å²) in [4.78, 5) is 0. The van der Waals surface area contributed by atoms with Crippen LogP contribution in [0.1, 0.15) is 19.4 Å². The monoisotopic (exact) mass is 245 g/mol. The van der Waals surface area contributed by atoms with E-state index in [1.54, 1.807) is 6.07 Å². The smallest absolute Gasteiger partial charge is 0.124 e. The number of nitrogens with two attached hydrogens (primary N) is 1. The van der Waals surface area contributed by atoms with Gasteiger partial charge in [-0.3, -0.25) is 0 Å². The molecule has 0 aromatic heterocycles. The van der Waals surface area contributed by atoms with E-state index in [2.05, 4.69) is 0 Å². The van der Waals surface area contributed by atoms with Crippen LogP contribution < -0.4 is 5.73 Å². The summed E-state index contributed by atoms with van der Waals surface area (Å²) in [5.74, 6) is -0.336. The van der Waals surface area contributed by atoms with E-state index in [0.717, 1.165) is 5.56 Å². The Kier molecular flexibility index (Phi) is 4.71. The van der Waals surface area contributed by atoms with E-state index < -0.39 is 5.54 Å². The first-order chi connectivity index (χ1) is 7.44. The van der Waals surface area contributed by atoms with E-state index >= 15 is 0 Å². The van der Waals surface area contributed by atoms with Crippen LogP contribution in [0.2, 0.25) is 5.02 Å². The number of benzene rings is 1. The molecule has 1 unspecified atom stereocenters. The van der Waals surface area contributed by atoms with Gasteiger partial charge in [0.1, 0.15) is 5.82 Å². The lowest BCUT2D eigenvalue weighted by atomic mass is 9.95. The second-order valence-electron chi connectivity index (χ2n) is 4.20. The molecule has 0 heterocycles. The highest BCUT2D eigenvalue weighted by Crippen LogP contribution is 2.21. The highest BCUT2D eigenvalue weighted by molar-refractivity contribution is 6.31. The van der Waals surface area contributed by atoms with E-state index in [0.29, 0.717) is 24.7 Å². The summed E-state index contributed by atoms with van der Waals surface area (Å²) in [6.07, 6.45) is 0.562. The molecule has 0 fully saturated rings. The zero-order chi connectivity index (χ0) is 12.2. The van der Waals surface area contributed by atoms with Gasteiger partial charge in [0.25, 0.3) is 0 Å². The van der Waals surface area contributed by atoms with Crippen LogP contribution in [0.15, 0.2) is 18.2 Å². The molecule has 0 saturated heterocycles. The Balaban J connectivity index is 2.71. The molecule has 1 aromatic carbocycles. The van der Waals surface area contributed by atoms with Crippen molar-refractivity contribution < 1.29 is 9.13 Å². The van der Waals surface area contributed by atoms with Crippen LogP contribution >= 0.6 is 11.6 Å². The van der Waals surface area contributed by atoms with E-state index in [4.69, 9.17) is 22.1 Å². The molecule has 0 amide bonds. The second kappa shape index (κ2) is 5.62. The Labute approximate surface area is 101 Å². The van der Waals surface area contributed by atoms with Crippen LogP contribution in [0, 0.1) is 5.82 Å². The van der Waals surface area contributed by atoms with Gasteiger partial charge in [0.2, 0.25) is 0 Å². The topological polar surface area (TPSA) is 35.2 Å². The Morgan fingerprint density at radius 2 is 2.19 bits per heavy atom. The van der Waals surface area contributed by atoms with Gasteiger partial charge >= 0.3 is 0 Å². The van der Waals surface area contributed by atoms with E-state index in [1.807, 2.05) is 13.8 Å². The minimum absolute atomic E-state index is 0.336. The number of rotatable bonds is 5. The predicted octanol–water partition coefficient (Wildman–Crippen LogP) is 2.78. The molecule has 0 spiro atoms. The molecule has 0 bridgehead atoms. The highest BCUT2D eigenvalue weighted by Gasteiger charge is 2.20. The average molecular weight is 246 g/mol. The fourth-order valence-electron chi connectivity index (χ4n) is 1.49. The van der Waals surface area contributed by atoms with Gasteiger partial charge in [-0.05, 0) is 38.0 Å². The molecule has 2 nitrogen and oxygen atoms in total. The Bertz CT molecular complexity index is 355. The number of halogens is 2. The van der Waals surface area contributed by atoms with Crippen LogP contribution in [0.4, 0.5) is 4.39 Å². The molecule has 0 saturated carbocycles. The fraction of sp³-hybridized carbons (Fsp3) is 0.500. The number of hydrogen-bond donors (Lipinski definition) is 1. The molecule has 4 heteroatoms. The van der Waals surface area contributed by atoms with Gasteiger partial charge in [0, 0.05) is 17.2 Å². The van der Waals surface area contributed by atoms with Crippen molar-refractivity contribution in [1.82, 2.24) is 0 Å². The van der Waals surface area contributed by atoms with Gasteiger partial charge in [-0.15, -0.1) is 0 Å². The number of hydrogen-bond acceptors (Lipinski definition) is 2. The molecule has 1 atom stereocenters. The quantitative estimate of drug-likeness (QED) is 0.866. The summed E-state index contributed by atoms with van der Waals surface area (Å²) in [5.41, 5.74) is 6.42. The minimum Gasteiger partial charge on any atom is -0.380 e. The van der Waals surface area contributed by atoms with Gasteiger partial charge in [0.15, 0.2) is 0 Å². The Morgan fingerprint density at radius 3 is 2.75 bits per heavy atom. The maximum atomic E-state index is 12.8. The van der Waals surface area contributed by atoms with Gasteiger partial charge in [-0.1, -0.05) is 17.7 Å². The molecular formula is C12H17ClFNO. The van der Waals surface area contributed by atoms with Gasteiger partial charge in [0.05, 0.1) is 6.61 Å². The van der Waals surface area contributed by atoms with Crippen molar-refractivity contribution in [3.05, 3.63) is 34.6 Å². The minimum atomic E-state index is -0.489. The van der Waals surface area contributed by atoms with Crippen molar-refractivity contribution >= 4 is 11.6 Å². The summed E-state index contributed by atoms with van der Waals surface area (Å²) >= 11 is 5.93. The molecule has 90 valence electrons. The third-order valence-corrected chi connectivity index (χ3v) is 2.60. The number of ether oxygens (including phenoxy) is 1. The lowest BCUT2D eigenvalue weighted by Gasteiger charge is -2.24. The van der Waals surface area contributed by atoms with Crippen molar-refractivity contribution in [1.29, 1.82) is 0 Å². The Hall–Kier alpha value is -0.640. The van der Waals surface area contributed by atoms with Crippen molar-refractivity contribution in [2.75, 3.05) is 13.2 Å². The lowest BCUT2D eigenvalue weighted by Crippen LogP contribution is -2.43. The summed E-state index contributed by atoms with van der Waals surface area (Å²) < 4.78 is 18.1. The molecule has 1 aromatic rings. The zero-order valence-corrected chi connectivity index (χ0v) is 10.4. The first-order valence-electron chi connectivity index (χ1n) is 5.25. The average Bonchev–Trinajstić information content (AvgIpc) is 2.19. The third-order valence-electron chi connectivity index (χ3n) is 2.25. The highest BCUT2D eigenvalue weighted by atomic mass is 35.5. The van der Waals surface area contributed by atoms with Crippen LogP contribution in [-0.4, -0.2) is 18.8 Å². The normalized spacial score (nSPS) is 14.8. The molecule has 0 radical (unpaired) electrons. The lowest BCUT2D eigenvalue weighted by molar-refractivity contribution is 0.101. The zero-order valence-electron chi connectivity index (χ0n) is 9.59. The van der Waals surface area contributed by atoms with Crippen LogP contribution in [0.3, 0.4) is 0 Å². The van der Waals surface area contributed by atoms with E-state index in [9.17, 15) is 4.39 Å². The van der Waals surface area contributed by atoms with Crippen molar-refractivity contribution in [2.45, 2.75) is 25.8 Å². The first kappa shape index (κ1) is 13.4. The van der Waals surface area contributed by atoms with Crippen LogP contribution in [0.5, 0.6) is 0 Å². The maximum Gasteiger partial charge on any atom is 0.124 e. The SMILES string of the molecule is CCOCC(C)(N)Cc1ccc(F)cc1Cl. The summed E-state index contributed by atoms with van der Waals surface area (Å²) in [7, 11) is 0. The predicted molar refractivity (Wildman–Crippen MR) is 64.2 cm³/mol. The first-order valence-corrected chi connectivity index (χ1v) is 5.63. The van der Waals surface area contributed by atoms with Gasteiger partial charge in [-0.25, -0.2) is 4.39 Å². The molecule has 0 aliphatic rings. The van der Waals surface area contributed by atoms with Gasteiger partial charge in [-0.2, -0.15) is 0 Å². The van der Waals surface area contributed by atoms with Crippen LogP contribution in [-0.2, 0) is 11.2 Å². The largest absolute Gasteiger partial charge is 0.380 e. The summed E-state index contributed by atoms with van der Waals surface area (Å²) in [6, 6.07) is 4.35. The van der Waals surface area contributed by atoms with E-state index in [1.165, 1.54) is 12.1 Å². The fourth-order valence-corrected chi connectivity index (χ4v) is 1.72. The molecular weight excluding hydrogens is 229 g/mol. The Morgan fingerprint density at radius 1 is 1.50 bits per heavy atom. The molecule has 0 aliphatic carbocycles. The maximum absolute atomic E-state index is 12.8. The van der Waals surface area contributed by atoms with Crippen molar-refractivity contribution in [3.8, 4) is 0 Å². The van der Waals surface area contributed by atoms with Crippen molar-refractivity contribution in [3.63, 3.8) is 0 Å².